The molecule has 8 heteroatoms. The largest absolute Gasteiger partial charge is 0.502 e. The Morgan fingerprint density at radius 3 is 2.48 bits per heavy atom. The number of aryl methyl sites for hydroxylation is 2. The Bertz CT molecular complexity index is 768. The summed E-state index contributed by atoms with van der Waals surface area (Å²) in [6.07, 6.45) is 0. The maximum Gasteiger partial charge on any atom is 0.310 e. The Morgan fingerprint density at radius 1 is 1.16 bits per heavy atom. The van der Waals surface area contributed by atoms with E-state index in [2.05, 4.69) is 19.8 Å². The highest BCUT2D eigenvalue weighted by Crippen LogP contribution is 2.27. The first-order valence-electron chi connectivity index (χ1n) is 8.18. The average Bonchev–Trinajstić information content (AvgIpc) is 2.54. The van der Waals surface area contributed by atoms with E-state index in [0.29, 0.717) is 6.54 Å². The summed E-state index contributed by atoms with van der Waals surface area (Å²) in [7, 11) is 0. The number of nitro groups is 1. The Hall–Kier alpha value is -2.74. The van der Waals surface area contributed by atoms with Crippen molar-refractivity contribution in [2.24, 2.45) is 0 Å². The molecule has 1 aliphatic heterocycles. The first-order chi connectivity index (χ1) is 11.9. The molecule has 0 bridgehead atoms. The Kier molecular flexibility index (Phi) is 4.80. The van der Waals surface area contributed by atoms with Crippen LogP contribution in [-0.4, -0.2) is 51.1 Å². The molecule has 0 atom stereocenters. The van der Waals surface area contributed by atoms with Gasteiger partial charge in [-0.05, 0) is 25.5 Å². The van der Waals surface area contributed by atoms with E-state index >= 15 is 0 Å². The van der Waals surface area contributed by atoms with Crippen LogP contribution in [0.3, 0.4) is 0 Å². The summed E-state index contributed by atoms with van der Waals surface area (Å²) in [4.78, 5) is 23.5. The van der Waals surface area contributed by atoms with E-state index in [1.807, 2.05) is 19.9 Å². The zero-order valence-electron chi connectivity index (χ0n) is 14.3. The van der Waals surface area contributed by atoms with Crippen LogP contribution in [0.25, 0.3) is 0 Å². The van der Waals surface area contributed by atoms with Crippen LogP contribution in [0, 0.1) is 24.0 Å². The van der Waals surface area contributed by atoms with Crippen LogP contribution in [0.2, 0.25) is 0 Å². The predicted molar refractivity (Wildman–Crippen MR) is 93.8 cm³/mol. The molecule has 3 rings (SSSR count). The highest BCUT2D eigenvalue weighted by atomic mass is 16.6. The molecule has 1 N–H and O–H groups in total. The van der Waals surface area contributed by atoms with Crippen molar-refractivity contribution in [3.05, 3.63) is 51.5 Å². The quantitative estimate of drug-likeness (QED) is 0.670. The van der Waals surface area contributed by atoms with Crippen LogP contribution in [-0.2, 0) is 6.54 Å². The van der Waals surface area contributed by atoms with Crippen molar-refractivity contribution < 1.29 is 10.0 Å². The van der Waals surface area contributed by atoms with E-state index in [-0.39, 0.29) is 11.4 Å². The molecular weight excluding hydrogens is 322 g/mol. The number of hydrogen-bond acceptors (Lipinski definition) is 7. The summed E-state index contributed by atoms with van der Waals surface area (Å²) in [5.41, 5.74) is 1.57. The number of phenols is 1. The first kappa shape index (κ1) is 17.1. The number of nitrogens with zero attached hydrogens (tertiary/aromatic N) is 5. The van der Waals surface area contributed by atoms with Crippen LogP contribution in [0.1, 0.15) is 17.1 Å². The highest BCUT2D eigenvalue weighted by molar-refractivity contribution is 5.47. The van der Waals surface area contributed by atoms with Gasteiger partial charge in [-0.1, -0.05) is 6.07 Å². The number of rotatable bonds is 4. The average molecular weight is 343 g/mol. The molecule has 0 aliphatic carbocycles. The SMILES string of the molecule is Cc1cc(N2CCN(Cc3ccc([N+](=O)[O-])c(O)c3)CC2)nc(C)n1. The number of phenolic OH excluding ortho intramolecular Hbond substituents is 1. The fourth-order valence-electron chi connectivity index (χ4n) is 3.07. The van der Waals surface area contributed by atoms with Gasteiger partial charge in [0.2, 0.25) is 0 Å². The summed E-state index contributed by atoms with van der Waals surface area (Å²) in [6.45, 7) is 7.95. The van der Waals surface area contributed by atoms with E-state index in [9.17, 15) is 15.2 Å². The lowest BCUT2D eigenvalue weighted by Gasteiger charge is -2.35. The second-order valence-corrected chi connectivity index (χ2v) is 6.26. The summed E-state index contributed by atoms with van der Waals surface area (Å²) in [5, 5.41) is 20.5. The lowest BCUT2D eigenvalue weighted by atomic mass is 10.1. The third kappa shape index (κ3) is 4.03. The molecule has 25 heavy (non-hydrogen) atoms. The van der Waals surface area contributed by atoms with Crippen molar-refractivity contribution in [3.8, 4) is 5.75 Å². The summed E-state index contributed by atoms with van der Waals surface area (Å²) >= 11 is 0. The normalized spacial score (nSPS) is 15.4. The molecule has 1 fully saturated rings. The van der Waals surface area contributed by atoms with Crippen molar-refractivity contribution in [3.63, 3.8) is 0 Å². The molecule has 0 saturated carbocycles. The molecule has 0 spiro atoms. The van der Waals surface area contributed by atoms with Gasteiger partial charge in [-0.25, -0.2) is 9.97 Å². The van der Waals surface area contributed by atoms with Gasteiger partial charge < -0.3 is 10.0 Å². The van der Waals surface area contributed by atoms with Gasteiger partial charge in [0, 0.05) is 50.6 Å². The number of nitro benzene ring substituents is 1. The molecule has 1 aromatic heterocycles. The molecule has 8 nitrogen and oxygen atoms in total. The maximum atomic E-state index is 10.8. The van der Waals surface area contributed by atoms with E-state index in [0.717, 1.165) is 49.1 Å². The third-order valence-corrected chi connectivity index (χ3v) is 4.29. The van der Waals surface area contributed by atoms with Crippen molar-refractivity contribution in [1.82, 2.24) is 14.9 Å². The maximum absolute atomic E-state index is 10.8. The fraction of sp³-hybridized carbons (Fsp3) is 0.412. The minimum Gasteiger partial charge on any atom is -0.502 e. The Morgan fingerprint density at radius 2 is 1.88 bits per heavy atom. The first-order valence-corrected chi connectivity index (χ1v) is 8.18. The third-order valence-electron chi connectivity index (χ3n) is 4.29. The van der Waals surface area contributed by atoms with Crippen molar-refractivity contribution in [2.75, 3.05) is 31.1 Å². The van der Waals surface area contributed by atoms with Gasteiger partial charge in [-0.2, -0.15) is 0 Å². The van der Waals surface area contributed by atoms with Gasteiger partial charge in [0.25, 0.3) is 0 Å². The smallest absolute Gasteiger partial charge is 0.310 e. The minimum absolute atomic E-state index is 0.261. The van der Waals surface area contributed by atoms with Crippen molar-refractivity contribution in [2.45, 2.75) is 20.4 Å². The topological polar surface area (TPSA) is 95.6 Å². The van der Waals surface area contributed by atoms with Crippen LogP contribution < -0.4 is 4.90 Å². The lowest BCUT2D eigenvalue weighted by molar-refractivity contribution is -0.385. The predicted octanol–water partition coefficient (Wildman–Crippen LogP) is 2.03. The van der Waals surface area contributed by atoms with Crippen LogP contribution in [0.15, 0.2) is 24.3 Å². The standard InChI is InChI=1S/C17H21N5O3/c1-12-9-17(19-13(2)18-12)21-7-5-20(6-8-21)11-14-3-4-15(22(24)25)16(23)10-14/h3-4,9-10,23H,5-8,11H2,1-2H3. The monoisotopic (exact) mass is 343 g/mol. The number of hydrogen-bond donors (Lipinski definition) is 1. The molecule has 0 radical (unpaired) electrons. The van der Waals surface area contributed by atoms with E-state index < -0.39 is 4.92 Å². The van der Waals surface area contributed by atoms with E-state index in [1.54, 1.807) is 6.07 Å². The molecule has 1 aromatic carbocycles. The van der Waals surface area contributed by atoms with Gasteiger partial charge in [0.15, 0.2) is 5.75 Å². The summed E-state index contributed by atoms with van der Waals surface area (Å²) in [5.74, 6) is 1.45. The van der Waals surface area contributed by atoms with Gasteiger partial charge >= 0.3 is 5.69 Å². The van der Waals surface area contributed by atoms with Crippen molar-refractivity contribution in [1.29, 1.82) is 0 Å². The second-order valence-electron chi connectivity index (χ2n) is 6.26. The number of aromatic hydroxyl groups is 1. The fourth-order valence-corrected chi connectivity index (χ4v) is 3.07. The molecule has 2 aromatic rings. The van der Waals surface area contributed by atoms with Gasteiger partial charge in [-0.3, -0.25) is 15.0 Å². The number of aromatic nitrogens is 2. The van der Waals surface area contributed by atoms with Crippen LogP contribution in [0.5, 0.6) is 5.75 Å². The van der Waals surface area contributed by atoms with Crippen molar-refractivity contribution >= 4 is 11.5 Å². The van der Waals surface area contributed by atoms with Gasteiger partial charge in [0.1, 0.15) is 11.6 Å². The lowest BCUT2D eigenvalue weighted by Crippen LogP contribution is -2.46. The Labute approximate surface area is 145 Å². The second kappa shape index (κ2) is 7.02. The molecule has 0 unspecified atom stereocenters. The van der Waals surface area contributed by atoms with Crippen LogP contribution in [0.4, 0.5) is 11.5 Å². The number of piperazine rings is 1. The van der Waals surface area contributed by atoms with Crippen LogP contribution >= 0.6 is 0 Å². The highest BCUT2D eigenvalue weighted by Gasteiger charge is 2.20. The van der Waals surface area contributed by atoms with E-state index in [4.69, 9.17) is 0 Å². The molecule has 2 heterocycles. The van der Waals surface area contributed by atoms with Gasteiger partial charge in [0.05, 0.1) is 4.92 Å². The summed E-state index contributed by atoms with van der Waals surface area (Å²) in [6, 6.07) is 6.52. The Balaban J connectivity index is 1.61. The van der Waals surface area contributed by atoms with E-state index in [1.165, 1.54) is 12.1 Å². The molecule has 0 amide bonds. The molecule has 132 valence electrons. The summed E-state index contributed by atoms with van der Waals surface area (Å²) < 4.78 is 0. The zero-order valence-corrected chi connectivity index (χ0v) is 14.3. The molecule has 1 aliphatic rings. The molecular formula is C17H21N5O3. The zero-order chi connectivity index (χ0) is 18.0. The van der Waals surface area contributed by atoms with Gasteiger partial charge in [-0.15, -0.1) is 0 Å². The molecule has 1 saturated heterocycles. The number of anilines is 1. The number of benzene rings is 1. The minimum atomic E-state index is -0.580.